The number of rotatable bonds is 3. The number of hydrogen-bond acceptors (Lipinski definition) is 4. The summed E-state index contributed by atoms with van der Waals surface area (Å²) in [6, 6.07) is 0.850. The lowest BCUT2D eigenvalue weighted by Crippen LogP contribution is -2.55. The number of furan rings is 1. The number of aliphatic carboxylic acids is 1. The average Bonchev–Trinajstić information content (AvgIpc) is 3.11. The third-order valence-corrected chi connectivity index (χ3v) is 5.40. The molecule has 1 spiro atoms. The van der Waals surface area contributed by atoms with Crippen molar-refractivity contribution in [2.75, 3.05) is 19.6 Å². The standard InChI is InChI=1S/C17H22N2O5/c1-12(16(22)23)19-11-17(4-2-14(19)20)5-7-18(8-6-17)15(21)13-3-9-24-10-13/h3,9-10,12H,2,4-8,11H2,1H3,(H,22,23)/t12-/m0/s1. The molecule has 0 saturated carbocycles. The molecule has 1 aromatic rings. The third kappa shape index (κ3) is 3.02. The molecule has 7 nitrogen and oxygen atoms in total. The molecule has 2 aliphatic rings. The smallest absolute Gasteiger partial charge is 0.326 e. The summed E-state index contributed by atoms with van der Waals surface area (Å²) in [6.45, 7) is 3.25. The molecular formula is C17H22N2O5. The quantitative estimate of drug-likeness (QED) is 0.906. The van der Waals surface area contributed by atoms with Gasteiger partial charge in [0.1, 0.15) is 12.3 Å². The van der Waals surface area contributed by atoms with E-state index in [1.165, 1.54) is 17.4 Å². The predicted molar refractivity (Wildman–Crippen MR) is 84.3 cm³/mol. The van der Waals surface area contributed by atoms with Crippen LogP contribution in [0, 0.1) is 5.41 Å². The Balaban J connectivity index is 1.65. The second-order valence-corrected chi connectivity index (χ2v) is 6.84. The molecule has 2 amide bonds. The Hall–Kier alpha value is -2.31. The summed E-state index contributed by atoms with van der Waals surface area (Å²) < 4.78 is 4.96. The molecule has 3 rings (SSSR count). The number of carbonyl (C=O) groups excluding carboxylic acids is 2. The minimum absolute atomic E-state index is 0.0405. The number of carbonyl (C=O) groups is 3. The van der Waals surface area contributed by atoms with Crippen molar-refractivity contribution in [2.24, 2.45) is 5.41 Å². The third-order valence-electron chi connectivity index (χ3n) is 5.40. The Morgan fingerprint density at radius 1 is 1.29 bits per heavy atom. The molecular weight excluding hydrogens is 312 g/mol. The van der Waals surface area contributed by atoms with E-state index in [0.717, 1.165) is 19.3 Å². The maximum absolute atomic E-state index is 12.4. The van der Waals surface area contributed by atoms with Gasteiger partial charge < -0.3 is 19.3 Å². The van der Waals surface area contributed by atoms with Crippen molar-refractivity contribution in [3.8, 4) is 0 Å². The minimum Gasteiger partial charge on any atom is -0.480 e. The van der Waals surface area contributed by atoms with Gasteiger partial charge in [0.05, 0.1) is 11.8 Å². The molecule has 0 radical (unpaired) electrons. The summed E-state index contributed by atoms with van der Waals surface area (Å²) in [7, 11) is 0. The van der Waals surface area contributed by atoms with Crippen molar-refractivity contribution >= 4 is 17.8 Å². The van der Waals surface area contributed by atoms with Gasteiger partial charge in [-0.15, -0.1) is 0 Å². The van der Waals surface area contributed by atoms with Crippen LogP contribution in [0.15, 0.2) is 23.0 Å². The molecule has 0 aromatic carbocycles. The van der Waals surface area contributed by atoms with Crippen molar-refractivity contribution in [2.45, 2.75) is 38.6 Å². The second kappa shape index (κ2) is 6.30. The van der Waals surface area contributed by atoms with Gasteiger partial charge in [0.2, 0.25) is 5.91 Å². The highest BCUT2D eigenvalue weighted by Gasteiger charge is 2.44. The van der Waals surface area contributed by atoms with E-state index in [4.69, 9.17) is 4.42 Å². The highest BCUT2D eigenvalue weighted by molar-refractivity contribution is 5.93. The van der Waals surface area contributed by atoms with Crippen LogP contribution in [0.2, 0.25) is 0 Å². The van der Waals surface area contributed by atoms with Crippen LogP contribution in [0.4, 0.5) is 0 Å². The van der Waals surface area contributed by atoms with Gasteiger partial charge in [0.15, 0.2) is 0 Å². The van der Waals surface area contributed by atoms with Gasteiger partial charge in [0, 0.05) is 26.1 Å². The van der Waals surface area contributed by atoms with Crippen LogP contribution in [0.5, 0.6) is 0 Å². The topological polar surface area (TPSA) is 91.1 Å². The highest BCUT2D eigenvalue weighted by atomic mass is 16.4. The zero-order valence-electron chi connectivity index (χ0n) is 13.7. The number of carboxylic acid groups (broad SMARTS) is 1. The fraction of sp³-hybridized carbons (Fsp3) is 0.588. The number of likely N-dealkylation sites (tertiary alicyclic amines) is 2. The fourth-order valence-corrected chi connectivity index (χ4v) is 3.69. The summed E-state index contributed by atoms with van der Waals surface area (Å²) >= 11 is 0. The second-order valence-electron chi connectivity index (χ2n) is 6.84. The van der Waals surface area contributed by atoms with E-state index in [2.05, 4.69) is 0 Å². The van der Waals surface area contributed by atoms with E-state index in [-0.39, 0.29) is 17.2 Å². The highest BCUT2D eigenvalue weighted by Crippen LogP contribution is 2.41. The summed E-state index contributed by atoms with van der Waals surface area (Å²) in [5.41, 5.74) is 0.469. The van der Waals surface area contributed by atoms with Crippen LogP contribution in [0.3, 0.4) is 0 Å². The summed E-state index contributed by atoms with van der Waals surface area (Å²) in [5.74, 6) is -1.11. The van der Waals surface area contributed by atoms with Gasteiger partial charge in [-0.2, -0.15) is 0 Å². The molecule has 130 valence electrons. The number of amides is 2. The molecule has 1 N–H and O–H groups in total. The van der Waals surface area contributed by atoms with Crippen LogP contribution in [0.1, 0.15) is 43.0 Å². The SMILES string of the molecule is C[C@@H](C(=O)O)N1CC2(CCC1=O)CCN(C(=O)c1ccoc1)CC2. The van der Waals surface area contributed by atoms with Crippen LogP contribution >= 0.6 is 0 Å². The Bertz CT molecular complexity index is 631. The normalized spacial score (nSPS) is 21.8. The zero-order chi connectivity index (χ0) is 17.3. The molecule has 0 bridgehead atoms. The fourth-order valence-electron chi connectivity index (χ4n) is 3.69. The first kappa shape index (κ1) is 16.5. The van der Waals surface area contributed by atoms with E-state index in [1.54, 1.807) is 17.9 Å². The minimum atomic E-state index is -0.979. The Morgan fingerprint density at radius 2 is 2.00 bits per heavy atom. The van der Waals surface area contributed by atoms with Crippen LogP contribution in [0.25, 0.3) is 0 Å². The first-order chi connectivity index (χ1) is 11.4. The van der Waals surface area contributed by atoms with E-state index in [0.29, 0.717) is 31.6 Å². The van der Waals surface area contributed by atoms with E-state index < -0.39 is 12.0 Å². The molecule has 7 heteroatoms. The first-order valence-corrected chi connectivity index (χ1v) is 8.26. The van der Waals surface area contributed by atoms with Crippen molar-refractivity contribution in [3.05, 3.63) is 24.2 Å². The first-order valence-electron chi connectivity index (χ1n) is 8.26. The van der Waals surface area contributed by atoms with Crippen LogP contribution < -0.4 is 0 Å². The Morgan fingerprint density at radius 3 is 2.58 bits per heavy atom. The molecule has 24 heavy (non-hydrogen) atoms. The van der Waals surface area contributed by atoms with Crippen molar-refractivity contribution in [1.82, 2.24) is 9.80 Å². The predicted octanol–water partition coefficient (Wildman–Crippen LogP) is 1.60. The molecule has 0 aliphatic carbocycles. The molecule has 3 heterocycles. The average molecular weight is 334 g/mol. The molecule has 2 fully saturated rings. The van der Waals surface area contributed by atoms with Crippen molar-refractivity contribution in [3.63, 3.8) is 0 Å². The molecule has 1 aromatic heterocycles. The molecule has 2 saturated heterocycles. The van der Waals surface area contributed by atoms with Gasteiger partial charge in [-0.25, -0.2) is 4.79 Å². The summed E-state index contributed by atoms with van der Waals surface area (Å²) in [4.78, 5) is 39.0. The molecule has 2 aliphatic heterocycles. The van der Waals surface area contributed by atoms with E-state index >= 15 is 0 Å². The lowest BCUT2D eigenvalue weighted by molar-refractivity contribution is -0.154. The maximum Gasteiger partial charge on any atom is 0.326 e. The molecule has 0 unspecified atom stereocenters. The lowest BCUT2D eigenvalue weighted by atomic mass is 9.72. The van der Waals surface area contributed by atoms with Gasteiger partial charge >= 0.3 is 5.97 Å². The number of hydrogen-bond donors (Lipinski definition) is 1. The van der Waals surface area contributed by atoms with Crippen molar-refractivity contribution in [1.29, 1.82) is 0 Å². The van der Waals surface area contributed by atoms with Gasteiger partial charge in [-0.05, 0) is 37.7 Å². The maximum atomic E-state index is 12.4. The zero-order valence-corrected chi connectivity index (χ0v) is 13.7. The number of carboxylic acids is 1. The van der Waals surface area contributed by atoms with E-state index in [1.807, 2.05) is 0 Å². The van der Waals surface area contributed by atoms with Gasteiger partial charge in [-0.1, -0.05) is 0 Å². The Kier molecular flexibility index (Phi) is 4.34. The van der Waals surface area contributed by atoms with Gasteiger partial charge in [-0.3, -0.25) is 9.59 Å². The van der Waals surface area contributed by atoms with Gasteiger partial charge in [0.25, 0.3) is 5.91 Å². The largest absolute Gasteiger partial charge is 0.480 e. The van der Waals surface area contributed by atoms with Crippen LogP contribution in [-0.4, -0.2) is 58.4 Å². The summed E-state index contributed by atoms with van der Waals surface area (Å²) in [6.07, 6.45) is 5.65. The summed E-state index contributed by atoms with van der Waals surface area (Å²) in [5, 5.41) is 9.20. The monoisotopic (exact) mass is 334 g/mol. The van der Waals surface area contributed by atoms with Crippen LogP contribution in [-0.2, 0) is 9.59 Å². The number of piperidine rings is 2. The Labute approximate surface area is 140 Å². The number of nitrogens with zero attached hydrogens (tertiary/aromatic N) is 2. The molecule has 1 atom stereocenters. The van der Waals surface area contributed by atoms with Crippen molar-refractivity contribution < 1.29 is 23.9 Å². The lowest BCUT2D eigenvalue weighted by Gasteiger charge is -2.48. The van der Waals surface area contributed by atoms with E-state index in [9.17, 15) is 19.5 Å².